The molecule has 13 heavy (non-hydrogen) atoms. The van der Waals surface area contributed by atoms with Crippen molar-refractivity contribution in [2.45, 2.75) is 13.8 Å². The number of rotatable bonds is 2. The number of hydrogen-bond donors (Lipinski definition) is 1. The Balaban J connectivity index is 3.39. The Kier molecular flexibility index (Phi) is 2.52. The molecule has 0 saturated heterocycles. The van der Waals surface area contributed by atoms with Gasteiger partial charge in [-0.05, 0) is 36.6 Å². The minimum atomic E-state index is -0.879. The highest BCUT2D eigenvalue weighted by atomic mass is 16.4. The summed E-state index contributed by atoms with van der Waals surface area (Å²) in [5, 5.41) is 8.83. The second kappa shape index (κ2) is 3.44. The van der Waals surface area contributed by atoms with Gasteiger partial charge < -0.3 is 5.11 Å². The van der Waals surface area contributed by atoms with Gasteiger partial charge in [0.15, 0.2) is 0 Å². The van der Waals surface area contributed by atoms with E-state index in [0.717, 1.165) is 16.7 Å². The zero-order valence-electron chi connectivity index (χ0n) is 7.79. The molecule has 0 bridgehead atoms. The van der Waals surface area contributed by atoms with E-state index in [2.05, 4.69) is 6.58 Å². The summed E-state index contributed by atoms with van der Waals surface area (Å²) < 4.78 is 0. The molecule has 0 aromatic heterocycles. The van der Waals surface area contributed by atoms with Crippen LogP contribution in [-0.4, -0.2) is 11.1 Å². The maximum absolute atomic E-state index is 10.7. The molecule has 0 radical (unpaired) electrons. The van der Waals surface area contributed by atoms with Gasteiger partial charge in [-0.15, -0.1) is 0 Å². The van der Waals surface area contributed by atoms with Crippen molar-refractivity contribution in [2.75, 3.05) is 0 Å². The van der Waals surface area contributed by atoms with Crippen LogP contribution < -0.4 is 0 Å². The molecule has 68 valence electrons. The second-order valence-electron chi connectivity index (χ2n) is 2.96. The molecule has 0 atom stereocenters. The zero-order valence-corrected chi connectivity index (χ0v) is 7.79. The van der Waals surface area contributed by atoms with Gasteiger partial charge in [-0.1, -0.05) is 18.7 Å². The van der Waals surface area contributed by atoms with Crippen LogP contribution in [0.15, 0.2) is 18.7 Å². The van der Waals surface area contributed by atoms with Crippen LogP contribution >= 0.6 is 0 Å². The Morgan fingerprint density at radius 3 is 2.46 bits per heavy atom. The van der Waals surface area contributed by atoms with Gasteiger partial charge in [-0.25, -0.2) is 4.79 Å². The van der Waals surface area contributed by atoms with Crippen molar-refractivity contribution in [3.63, 3.8) is 0 Å². The van der Waals surface area contributed by atoms with Crippen LogP contribution in [0.1, 0.15) is 27.0 Å². The van der Waals surface area contributed by atoms with Crippen LogP contribution in [0.2, 0.25) is 0 Å². The summed E-state index contributed by atoms with van der Waals surface area (Å²) >= 11 is 0. The third kappa shape index (κ3) is 1.61. The lowest BCUT2D eigenvalue weighted by Crippen LogP contribution is -2.01. The fourth-order valence-electron chi connectivity index (χ4n) is 1.29. The number of hydrogen-bond acceptors (Lipinski definition) is 1. The van der Waals surface area contributed by atoms with Crippen LogP contribution in [0.5, 0.6) is 0 Å². The quantitative estimate of drug-likeness (QED) is 0.752. The SMILES string of the molecule is C=Cc1ccc(C(=O)O)c(C)c1C. The molecule has 0 aliphatic rings. The molecule has 2 heteroatoms. The van der Waals surface area contributed by atoms with Gasteiger partial charge in [0.25, 0.3) is 0 Å². The molecule has 2 nitrogen and oxygen atoms in total. The first kappa shape index (κ1) is 9.52. The summed E-state index contributed by atoms with van der Waals surface area (Å²) in [5.41, 5.74) is 3.14. The minimum Gasteiger partial charge on any atom is -0.478 e. The van der Waals surface area contributed by atoms with Gasteiger partial charge >= 0.3 is 5.97 Å². The Labute approximate surface area is 77.5 Å². The van der Waals surface area contributed by atoms with Crippen molar-refractivity contribution in [3.8, 4) is 0 Å². The predicted octanol–water partition coefficient (Wildman–Crippen LogP) is 2.64. The fourth-order valence-corrected chi connectivity index (χ4v) is 1.29. The average molecular weight is 176 g/mol. The predicted molar refractivity (Wildman–Crippen MR) is 53.0 cm³/mol. The third-order valence-corrected chi connectivity index (χ3v) is 2.28. The van der Waals surface area contributed by atoms with Crippen LogP contribution in [0.25, 0.3) is 6.08 Å². The van der Waals surface area contributed by atoms with Crippen molar-refractivity contribution in [2.24, 2.45) is 0 Å². The maximum Gasteiger partial charge on any atom is 0.335 e. The van der Waals surface area contributed by atoms with E-state index in [4.69, 9.17) is 5.11 Å². The van der Waals surface area contributed by atoms with E-state index in [1.807, 2.05) is 13.8 Å². The van der Waals surface area contributed by atoms with Crippen LogP contribution in [-0.2, 0) is 0 Å². The van der Waals surface area contributed by atoms with Crippen molar-refractivity contribution in [1.82, 2.24) is 0 Å². The Bertz CT molecular complexity index is 365. The molecule has 0 spiro atoms. The molecule has 1 N–H and O–H groups in total. The molecule has 0 unspecified atom stereocenters. The second-order valence-corrected chi connectivity index (χ2v) is 2.96. The molecule has 0 aliphatic carbocycles. The highest BCUT2D eigenvalue weighted by Gasteiger charge is 2.09. The fraction of sp³-hybridized carbons (Fsp3) is 0.182. The highest BCUT2D eigenvalue weighted by Crippen LogP contribution is 2.18. The normalized spacial score (nSPS) is 9.69. The van der Waals surface area contributed by atoms with E-state index in [-0.39, 0.29) is 0 Å². The van der Waals surface area contributed by atoms with Gasteiger partial charge in [0.1, 0.15) is 0 Å². The van der Waals surface area contributed by atoms with Crippen molar-refractivity contribution >= 4 is 12.0 Å². The molecular weight excluding hydrogens is 164 g/mol. The number of benzene rings is 1. The number of aromatic carboxylic acids is 1. The number of carboxylic acid groups (broad SMARTS) is 1. The summed E-state index contributed by atoms with van der Waals surface area (Å²) in [5.74, 6) is -0.879. The summed E-state index contributed by atoms with van der Waals surface area (Å²) in [6.45, 7) is 7.37. The molecule has 1 aromatic carbocycles. The first-order valence-corrected chi connectivity index (χ1v) is 4.04. The van der Waals surface area contributed by atoms with Gasteiger partial charge in [-0.2, -0.15) is 0 Å². The van der Waals surface area contributed by atoms with Crippen LogP contribution in [0, 0.1) is 13.8 Å². The molecule has 0 heterocycles. The van der Waals surface area contributed by atoms with E-state index in [9.17, 15) is 4.79 Å². The number of carbonyl (C=O) groups is 1. The molecule has 1 rings (SSSR count). The molecule has 0 amide bonds. The van der Waals surface area contributed by atoms with Crippen LogP contribution in [0.3, 0.4) is 0 Å². The first-order chi connectivity index (χ1) is 6.07. The van der Waals surface area contributed by atoms with Gasteiger partial charge in [0, 0.05) is 0 Å². The van der Waals surface area contributed by atoms with E-state index in [0.29, 0.717) is 5.56 Å². The number of carboxylic acids is 1. The van der Waals surface area contributed by atoms with Crippen molar-refractivity contribution < 1.29 is 9.90 Å². The molecule has 0 saturated carbocycles. The molecule has 0 fully saturated rings. The standard InChI is InChI=1S/C11H12O2/c1-4-9-5-6-10(11(12)13)8(3)7(9)2/h4-6H,1H2,2-3H3,(H,12,13). The Morgan fingerprint density at radius 1 is 1.38 bits per heavy atom. The first-order valence-electron chi connectivity index (χ1n) is 4.04. The Hall–Kier alpha value is -1.57. The highest BCUT2D eigenvalue weighted by molar-refractivity contribution is 5.90. The van der Waals surface area contributed by atoms with Crippen molar-refractivity contribution in [1.29, 1.82) is 0 Å². The van der Waals surface area contributed by atoms with Crippen molar-refractivity contribution in [3.05, 3.63) is 41.0 Å². The average Bonchev–Trinajstić information content (AvgIpc) is 2.09. The zero-order chi connectivity index (χ0) is 10.0. The van der Waals surface area contributed by atoms with Gasteiger partial charge in [0.2, 0.25) is 0 Å². The van der Waals surface area contributed by atoms with Crippen LogP contribution in [0.4, 0.5) is 0 Å². The third-order valence-electron chi connectivity index (χ3n) is 2.28. The van der Waals surface area contributed by atoms with E-state index in [1.165, 1.54) is 0 Å². The van der Waals surface area contributed by atoms with Gasteiger partial charge in [0.05, 0.1) is 5.56 Å². The summed E-state index contributed by atoms with van der Waals surface area (Å²) in [6.07, 6.45) is 1.73. The summed E-state index contributed by atoms with van der Waals surface area (Å²) in [6, 6.07) is 3.39. The van der Waals surface area contributed by atoms with Gasteiger partial charge in [-0.3, -0.25) is 0 Å². The van der Waals surface area contributed by atoms with E-state index >= 15 is 0 Å². The minimum absolute atomic E-state index is 0.364. The molecular formula is C11H12O2. The monoisotopic (exact) mass is 176 g/mol. The lowest BCUT2D eigenvalue weighted by Gasteiger charge is -2.07. The van der Waals surface area contributed by atoms with E-state index < -0.39 is 5.97 Å². The lowest BCUT2D eigenvalue weighted by molar-refractivity contribution is 0.0696. The summed E-state index contributed by atoms with van der Waals surface area (Å²) in [4.78, 5) is 10.7. The summed E-state index contributed by atoms with van der Waals surface area (Å²) in [7, 11) is 0. The Morgan fingerprint density at radius 2 is 2.00 bits per heavy atom. The molecule has 1 aromatic rings. The van der Waals surface area contributed by atoms with E-state index in [1.54, 1.807) is 18.2 Å². The molecule has 0 aliphatic heterocycles. The maximum atomic E-state index is 10.7. The lowest BCUT2D eigenvalue weighted by atomic mass is 9.98. The largest absolute Gasteiger partial charge is 0.478 e. The smallest absolute Gasteiger partial charge is 0.335 e. The topological polar surface area (TPSA) is 37.3 Å².